The van der Waals surface area contributed by atoms with Gasteiger partial charge < -0.3 is 18.9 Å². The Morgan fingerprint density at radius 1 is 0.906 bits per heavy atom. The molecule has 7 heteroatoms. The number of ether oxygens (including phenoxy) is 4. The molecule has 32 heavy (non-hydrogen) atoms. The first kappa shape index (κ1) is 20.2. The van der Waals surface area contributed by atoms with Crippen LogP contribution in [0.15, 0.2) is 65.8 Å². The van der Waals surface area contributed by atoms with Gasteiger partial charge in [0, 0.05) is 23.1 Å². The van der Waals surface area contributed by atoms with Crippen LogP contribution in [0.2, 0.25) is 0 Å². The number of methoxy groups -OCH3 is 3. The van der Waals surface area contributed by atoms with Crippen molar-refractivity contribution < 1.29 is 23.3 Å². The molecule has 0 bridgehead atoms. The molecular formula is C25H23FN2O4. The third-order valence-electron chi connectivity index (χ3n) is 5.87. The fourth-order valence-electron chi connectivity index (χ4n) is 4.28. The fraction of sp³-hybridized carbons (Fsp3) is 0.240. The lowest BCUT2D eigenvalue weighted by molar-refractivity contribution is -0.0209. The summed E-state index contributed by atoms with van der Waals surface area (Å²) >= 11 is 0. The molecule has 0 unspecified atom stereocenters. The first-order valence-corrected chi connectivity index (χ1v) is 10.3. The molecule has 0 spiro atoms. The molecule has 6 nitrogen and oxygen atoms in total. The molecule has 0 amide bonds. The molecule has 2 aliphatic heterocycles. The Hall–Kier alpha value is -3.74. The number of para-hydroxylation sites is 1. The number of hydrogen-bond donors (Lipinski definition) is 0. The van der Waals surface area contributed by atoms with Crippen LogP contribution in [0.1, 0.15) is 35.4 Å². The monoisotopic (exact) mass is 434 g/mol. The van der Waals surface area contributed by atoms with E-state index in [1.54, 1.807) is 33.5 Å². The van der Waals surface area contributed by atoms with Crippen molar-refractivity contribution >= 4 is 5.71 Å². The Balaban J connectivity index is 1.60. The molecule has 2 atom stereocenters. The summed E-state index contributed by atoms with van der Waals surface area (Å²) in [5, 5.41) is 6.89. The van der Waals surface area contributed by atoms with Crippen LogP contribution >= 0.6 is 0 Å². The summed E-state index contributed by atoms with van der Waals surface area (Å²) in [5.74, 6) is 2.36. The smallest absolute Gasteiger partial charge is 0.214 e. The van der Waals surface area contributed by atoms with Gasteiger partial charge in [-0.3, -0.25) is 0 Å². The van der Waals surface area contributed by atoms with Crippen molar-refractivity contribution in [1.29, 1.82) is 0 Å². The summed E-state index contributed by atoms with van der Waals surface area (Å²) in [6.45, 7) is 0. The van der Waals surface area contributed by atoms with E-state index in [1.165, 1.54) is 12.1 Å². The number of hydrazone groups is 1. The average molecular weight is 434 g/mol. The Labute approximate surface area is 185 Å². The van der Waals surface area contributed by atoms with Gasteiger partial charge in [0.05, 0.1) is 33.1 Å². The zero-order chi connectivity index (χ0) is 22.2. The van der Waals surface area contributed by atoms with E-state index in [0.717, 1.165) is 22.4 Å². The van der Waals surface area contributed by atoms with Crippen molar-refractivity contribution in [2.24, 2.45) is 5.10 Å². The van der Waals surface area contributed by atoms with Crippen LogP contribution < -0.4 is 18.9 Å². The highest BCUT2D eigenvalue weighted by molar-refractivity contribution is 6.02. The second-order valence-corrected chi connectivity index (χ2v) is 7.62. The van der Waals surface area contributed by atoms with Crippen LogP contribution in [0.3, 0.4) is 0 Å². The molecule has 2 aliphatic rings. The number of nitrogens with zero attached hydrogens (tertiary/aromatic N) is 2. The Morgan fingerprint density at radius 2 is 1.66 bits per heavy atom. The van der Waals surface area contributed by atoms with Crippen LogP contribution in [0.25, 0.3) is 0 Å². The van der Waals surface area contributed by atoms with Crippen molar-refractivity contribution in [1.82, 2.24) is 5.01 Å². The molecule has 0 aliphatic carbocycles. The van der Waals surface area contributed by atoms with Gasteiger partial charge in [0.2, 0.25) is 6.23 Å². The van der Waals surface area contributed by atoms with Crippen molar-refractivity contribution in [3.8, 4) is 23.0 Å². The summed E-state index contributed by atoms with van der Waals surface area (Å²) in [7, 11) is 4.85. The van der Waals surface area contributed by atoms with Crippen molar-refractivity contribution in [2.45, 2.75) is 18.7 Å². The van der Waals surface area contributed by atoms with E-state index in [4.69, 9.17) is 24.0 Å². The van der Waals surface area contributed by atoms with Gasteiger partial charge in [-0.15, -0.1) is 0 Å². The molecule has 5 rings (SSSR count). The molecule has 0 saturated heterocycles. The lowest BCUT2D eigenvalue weighted by Gasteiger charge is -2.38. The average Bonchev–Trinajstić information content (AvgIpc) is 3.29. The van der Waals surface area contributed by atoms with Crippen LogP contribution in [0.4, 0.5) is 4.39 Å². The van der Waals surface area contributed by atoms with Crippen molar-refractivity contribution in [3.63, 3.8) is 0 Å². The van der Waals surface area contributed by atoms with E-state index in [0.29, 0.717) is 29.4 Å². The number of benzene rings is 3. The highest BCUT2D eigenvalue weighted by atomic mass is 19.1. The quantitative estimate of drug-likeness (QED) is 0.560. The summed E-state index contributed by atoms with van der Waals surface area (Å²) in [6.07, 6.45) is 0.165. The summed E-state index contributed by atoms with van der Waals surface area (Å²) in [4.78, 5) is 0. The Kier molecular flexibility index (Phi) is 5.09. The minimum absolute atomic E-state index is 0.0491. The third kappa shape index (κ3) is 3.30. The summed E-state index contributed by atoms with van der Waals surface area (Å²) in [5.41, 5.74) is 3.66. The van der Waals surface area contributed by atoms with Gasteiger partial charge in [-0.05, 0) is 36.4 Å². The number of rotatable bonds is 5. The van der Waals surface area contributed by atoms with Gasteiger partial charge in [-0.2, -0.15) is 5.10 Å². The standard InChI is InChI=1S/C25H23FN2O4/c1-29-21-12-9-16(13-23(21)31-3)19-14-20-18-5-4-6-22(30-2)24(18)32-25(28(20)27-19)15-7-10-17(26)11-8-15/h4-13,20,25H,14H2,1-3H3/t20-,25-/m1/s1. The summed E-state index contributed by atoms with van der Waals surface area (Å²) in [6, 6.07) is 17.9. The predicted octanol–water partition coefficient (Wildman–Crippen LogP) is 5.09. The van der Waals surface area contributed by atoms with E-state index in [-0.39, 0.29) is 11.9 Å². The lowest BCUT2D eigenvalue weighted by Crippen LogP contribution is -2.33. The van der Waals surface area contributed by atoms with E-state index < -0.39 is 6.23 Å². The Morgan fingerprint density at radius 3 is 2.38 bits per heavy atom. The van der Waals surface area contributed by atoms with Crippen LogP contribution in [-0.4, -0.2) is 32.0 Å². The number of hydrogen-bond acceptors (Lipinski definition) is 6. The fourth-order valence-corrected chi connectivity index (χ4v) is 4.28. The summed E-state index contributed by atoms with van der Waals surface area (Å²) < 4.78 is 36.4. The topological polar surface area (TPSA) is 52.5 Å². The highest BCUT2D eigenvalue weighted by Crippen LogP contribution is 2.50. The third-order valence-corrected chi connectivity index (χ3v) is 5.87. The zero-order valence-corrected chi connectivity index (χ0v) is 18.0. The first-order chi connectivity index (χ1) is 15.6. The Bertz CT molecular complexity index is 1180. The zero-order valence-electron chi connectivity index (χ0n) is 18.0. The van der Waals surface area contributed by atoms with E-state index in [1.807, 2.05) is 41.4 Å². The minimum atomic E-state index is -0.512. The first-order valence-electron chi connectivity index (χ1n) is 10.3. The van der Waals surface area contributed by atoms with Gasteiger partial charge in [0.15, 0.2) is 23.0 Å². The number of halogens is 1. The molecule has 0 N–H and O–H groups in total. The SMILES string of the molecule is COc1ccc(C2=NN3[C@H](C2)c2cccc(OC)c2O[C@@H]3c2ccc(F)cc2)cc1OC. The molecule has 0 aromatic heterocycles. The molecular weight excluding hydrogens is 411 g/mol. The van der Waals surface area contributed by atoms with Gasteiger partial charge in [0.1, 0.15) is 5.82 Å². The molecule has 2 heterocycles. The van der Waals surface area contributed by atoms with Gasteiger partial charge in [-0.25, -0.2) is 9.40 Å². The predicted molar refractivity (Wildman–Crippen MR) is 118 cm³/mol. The van der Waals surface area contributed by atoms with E-state index >= 15 is 0 Å². The second-order valence-electron chi connectivity index (χ2n) is 7.62. The normalized spacial score (nSPS) is 18.9. The van der Waals surface area contributed by atoms with Gasteiger partial charge >= 0.3 is 0 Å². The molecule has 164 valence electrons. The maximum atomic E-state index is 13.6. The van der Waals surface area contributed by atoms with Gasteiger partial charge in [-0.1, -0.05) is 24.3 Å². The van der Waals surface area contributed by atoms with Gasteiger partial charge in [0.25, 0.3) is 0 Å². The molecule has 3 aromatic carbocycles. The van der Waals surface area contributed by atoms with Crippen LogP contribution in [0, 0.1) is 5.82 Å². The molecule has 0 saturated carbocycles. The molecule has 0 radical (unpaired) electrons. The minimum Gasteiger partial charge on any atom is -0.493 e. The highest BCUT2D eigenvalue weighted by Gasteiger charge is 2.42. The van der Waals surface area contributed by atoms with Crippen LogP contribution in [0.5, 0.6) is 23.0 Å². The second kappa shape index (κ2) is 8.07. The number of fused-ring (bicyclic) bond motifs is 3. The maximum Gasteiger partial charge on any atom is 0.214 e. The lowest BCUT2D eigenvalue weighted by atomic mass is 9.95. The van der Waals surface area contributed by atoms with E-state index in [2.05, 4.69) is 0 Å². The molecule has 3 aromatic rings. The van der Waals surface area contributed by atoms with Crippen LogP contribution in [-0.2, 0) is 0 Å². The van der Waals surface area contributed by atoms with E-state index in [9.17, 15) is 4.39 Å². The van der Waals surface area contributed by atoms with Crippen molar-refractivity contribution in [2.75, 3.05) is 21.3 Å². The molecule has 0 fully saturated rings. The maximum absolute atomic E-state index is 13.6. The van der Waals surface area contributed by atoms with Crippen molar-refractivity contribution in [3.05, 3.63) is 83.2 Å². The largest absolute Gasteiger partial charge is 0.493 e.